The topological polar surface area (TPSA) is 134 Å². The molecule has 4 heterocycles. The number of hydrogen-bond donors (Lipinski definition) is 3. The zero-order valence-electron chi connectivity index (χ0n) is 30.8. The summed E-state index contributed by atoms with van der Waals surface area (Å²) in [6, 6.07) is -0.228. The minimum atomic E-state index is -0.956. The van der Waals surface area contributed by atoms with Crippen molar-refractivity contribution in [2.75, 3.05) is 14.2 Å². The molecular formula is C36H63NO10. The summed E-state index contributed by atoms with van der Waals surface area (Å²) in [7, 11) is 3.51. The molecule has 2 bridgehead atoms. The van der Waals surface area contributed by atoms with Gasteiger partial charge in [-0.25, -0.2) is 0 Å². The van der Waals surface area contributed by atoms with Crippen LogP contribution in [0.15, 0.2) is 11.3 Å². The lowest BCUT2D eigenvalue weighted by Gasteiger charge is -2.47. The number of aliphatic hydroxyl groups excluding tert-OH is 2. The van der Waals surface area contributed by atoms with Gasteiger partial charge < -0.3 is 48.7 Å². The van der Waals surface area contributed by atoms with Crippen LogP contribution in [0.1, 0.15) is 101 Å². The molecule has 0 radical (unpaired) electrons. The van der Waals surface area contributed by atoms with E-state index in [0.29, 0.717) is 37.9 Å². The average molecular weight is 670 g/mol. The maximum atomic E-state index is 14.0. The second kappa shape index (κ2) is 15.3. The number of carbonyl (C=O) groups excluding carboxylic acids is 1. The van der Waals surface area contributed by atoms with Crippen LogP contribution >= 0.6 is 0 Å². The van der Waals surface area contributed by atoms with E-state index in [1.165, 1.54) is 0 Å². The Balaban J connectivity index is 1.80. The van der Waals surface area contributed by atoms with Crippen molar-refractivity contribution >= 4 is 5.97 Å². The number of ether oxygens (including phenoxy) is 7. The van der Waals surface area contributed by atoms with Gasteiger partial charge in [0.15, 0.2) is 12.6 Å². The number of nitrogens with one attached hydrogen (secondary N) is 1. The highest BCUT2D eigenvalue weighted by molar-refractivity contribution is 5.73. The molecule has 47 heavy (non-hydrogen) atoms. The van der Waals surface area contributed by atoms with E-state index in [4.69, 9.17) is 33.2 Å². The Bertz CT molecular complexity index is 1100. The van der Waals surface area contributed by atoms with Gasteiger partial charge in [-0.15, -0.1) is 0 Å². The Kier molecular flexibility index (Phi) is 12.5. The van der Waals surface area contributed by atoms with Crippen LogP contribution in [0, 0.1) is 23.7 Å². The van der Waals surface area contributed by atoms with Crippen LogP contribution in [0.2, 0.25) is 0 Å². The van der Waals surface area contributed by atoms with Crippen molar-refractivity contribution in [1.82, 2.24) is 5.32 Å². The van der Waals surface area contributed by atoms with Gasteiger partial charge in [-0.3, -0.25) is 4.79 Å². The maximum Gasteiger partial charge on any atom is 0.311 e. The van der Waals surface area contributed by atoms with E-state index < -0.39 is 72.1 Å². The van der Waals surface area contributed by atoms with Crippen LogP contribution in [0.5, 0.6) is 0 Å². The summed E-state index contributed by atoms with van der Waals surface area (Å²) in [6.07, 6.45) is -2.70. The minimum Gasteiger partial charge on any atom is -0.489 e. The zero-order chi connectivity index (χ0) is 35.0. The van der Waals surface area contributed by atoms with E-state index in [-0.39, 0.29) is 30.1 Å². The first-order valence-electron chi connectivity index (χ1n) is 17.8. The molecule has 3 saturated heterocycles. The molecule has 3 N–H and O–H groups in total. The number of aliphatic hydroxyl groups is 2. The lowest BCUT2D eigenvalue weighted by atomic mass is 9.79. The average Bonchev–Trinajstić information content (AvgIpc) is 3.34. The molecule has 0 spiro atoms. The van der Waals surface area contributed by atoms with Gasteiger partial charge in [0.2, 0.25) is 0 Å². The van der Waals surface area contributed by atoms with E-state index in [1.54, 1.807) is 7.11 Å². The molecular weight excluding hydrogens is 606 g/mol. The van der Waals surface area contributed by atoms with Crippen LogP contribution in [0.25, 0.3) is 0 Å². The molecule has 4 aliphatic rings. The number of hydrogen-bond acceptors (Lipinski definition) is 11. The first-order valence-corrected chi connectivity index (χ1v) is 17.8. The van der Waals surface area contributed by atoms with E-state index in [0.717, 1.165) is 5.57 Å². The number of methoxy groups -OCH3 is 1. The number of rotatable bonds is 7. The quantitative estimate of drug-likeness (QED) is 0.332. The Labute approximate surface area is 282 Å². The Morgan fingerprint density at radius 2 is 1.62 bits per heavy atom. The van der Waals surface area contributed by atoms with Crippen LogP contribution in [-0.2, 0) is 38.0 Å². The minimum absolute atomic E-state index is 0.123. The van der Waals surface area contributed by atoms with Crippen LogP contribution < -0.4 is 5.32 Å². The number of carbonyl (C=O) groups is 1. The first kappa shape index (κ1) is 38.5. The zero-order valence-corrected chi connectivity index (χ0v) is 30.8. The van der Waals surface area contributed by atoms with Crippen LogP contribution in [0.3, 0.4) is 0 Å². The third-order valence-electron chi connectivity index (χ3n) is 11.4. The number of likely N-dealkylation sites (N-methyl/N-ethyl adjacent to an activating group) is 1. The molecule has 0 saturated carbocycles. The Hall–Kier alpha value is -1.31. The Morgan fingerprint density at radius 3 is 2.23 bits per heavy atom. The highest BCUT2D eigenvalue weighted by atomic mass is 16.7. The van der Waals surface area contributed by atoms with Gasteiger partial charge >= 0.3 is 5.97 Å². The number of fused-ring (bicyclic) bond motifs is 2. The van der Waals surface area contributed by atoms with Gasteiger partial charge in [0.1, 0.15) is 29.7 Å². The monoisotopic (exact) mass is 669 g/mol. The summed E-state index contributed by atoms with van der Waals surface area (Å²) >= 11 is 0. The van der Waals surface area contributed by atoms with Crippen molar-refractivity contribution < 1.29 is 48.2 Å². The fraction of sp³-hybridized carbons (Fsp3) is 0.917. The highest BCUT2D eigenvalue weighted by Gasteiger charge is 2.54. The first-order chi connectivity index (χ1) is 22.0. The lowest BCUT2D eigenvalue weighted by Crippen LogP contribution is -2.59. The fourth-order valence-electron chi connectivity index (χ4n) is 8.52. The predicted octanol–water partition coefficient (Wildman–Crippen LogP) is 4.46. The fourth-order valence-corrected chi connectivity index (χ4v) is 8.52. The van der Waals surface area contributed by atoms with Crippen molar-refractivity contribution in [3.63, 3.8) is 0 Å². The number of cyclic esters (lactones) is 1. The maximum absolute atomic E-state index is 14.0. The van der Waals surface area contributed by atoms with Crippen LogP contribution in [-0.4, -0.2) is 103 Å². The van der Waals surface area contributed by atoms with Crippen molar-refractivity contribution in [2.24, 2.45) is 23.7 Å². The molecule has 4 rings (SSSR count). The summed E-state index contributed by atoms with van der Waals surface area (Å²) in [5.74, 6) is -1.60. The van der Waals surface area contributed by atoms with Gasteiger partial charge in [-0.2, -0.15) is 0 Å². The van der Waals surface area contributed by atoms with Gasteiger partial charge in [-0.1, -0.05) is 27.7 Å². The van der Waals surface area contributed by atoms with E-state index in [1.807, 2.05) is 76.3 Å². The Morgan fingerprint density at radius 1 is 0.936 bits per heavy atom. The van der Waals surface area contributed by atoms with E-state index in [9.17, 15) is 15.0 Å². The summed E-state index contributed by atoms with van der Waals surface area (Å²) in [5, 5.41) is 26.2. The third-order valence-corrected chi connectivity index (χ3v) is 11.4. The SMILES string of the molecule is CC[C@H]1OC(=O)[C@H](C)[C@@H](O[C@H]2C[C@@](C)(OC)C[C@H](C)O2)[C@H](C)[C@@H](O[C@@H]2O[C@H](C)C[C@H](NC)[C@H]2O)[C@@]2(C)CC(C)=C(O2)[C@H](C)[C@@H](O)[C@H]1C. The predicted molar refractivity (Wildman–Crippen MR) is 176 cm³/mol. The van der Waals surface area contributed by atoms with Crippen molar-refractivity contribution in [2.45, 2.75) is 174 Å². The summed E-state index contributed by atoms with van der Waals surface area (Å²) in [6.45, 7) is 19.7. The second-order valence-electron chi connectivity index (χ2n) is 15.4. The van der Waals surface area contributed by atoms with Crippen molar-refractivity contribution in [3.05, 3.63) is 11.3 Å². The van der Waals surface area contributed by atoms with Gasteiger partial charge in [-0.05, 0) is 67.0 Å². The highest BCUT2D eigenvalue weighted by Crippen LogP contribution is 2.47. The smallest absolute Gasteiger partial charge is 0.311 e. The molecule has 0 aromatic heterocycles. The standard InChI is InChI=1S/C36H63NO10/c1-13-26-21(5)28(38)22(6)30-18(2)15-36(10,47-30)32(46-34-29(39)25(37-11)14-19(3)43-34)23(7)31(24(8)33(40)44-26)45-27-17-35(9,41-12)16-20(4)42-27/h19-29,31-32,34,37-39H,13-17H2,1-12H3/t19-,20+,21+,22-,23+,24-,25+,26-,27+,28+,29-,31+,32-,34+,35+,36-/m1/s1. The van der Waals surface area contributed by atoms with Crippen LogP contribution in [0.4, 0.5) is 0 Å². The molecule has 4 aliphatic heterocycles. The molecule has 11 heteroatoms. The normalized spacial score (nSPS) is 48.6. The number of esters is 1. The molecule has 0 amide bonds. The molecule has 0 aliphatic carbocycles. The van der Waals surface area contributed by atoms with Gasteiger partial charge in [0.05, 0.1) is 35.9 Å². The van der Waals surface area contributed by atoms with Crippen molar-refractivity contribution in [3.8, 4) is 0 Å². The lowest BCUT2D eigenvalue weighted by molar-refractivity contribution is -0.305. The largest absolute Gasteiger partial charge is 0.489 e. The summed E-state index contributed by atoms with van der Waals surface area (Å²) < 4.78 is 45.2. The molecule has 16 atom stereocenters. The summed E-state index contributed by atoms with van der Waals surface area (Å²) in [4.78, 5) is 14.0. The van der Waals surface area contributed by atoms with Crippen molar-refractivity contribution in [1.29, 1.82) is 0 Å². The molecule has 0 unspecified atom stereocenters. The third kappa shape index (κ3) is 8.20. The molecule has 0 aromatic carbocycles. The molecule has 272 valence electrons. The van der Waals surface area contributed by atoms with Gasteiger partial charge in [0, 0.05) is 50.2 Å². The van der Waals surface area contributed by atoms with E-state index in [2.05, 4.69) is 5.32 Å². The van der Waals surface area contributed by atoms with E-state index >= 15 is 0 Å². The second-order valence-corrected chi connectivity index (χ2v) is 15.4. The summed E-state index contributed by atoms with van der Waals surface area (Å²) in [5.41, 5.74) is -0.370. The molecule has 3 fully saturated rings. The molecule has 0 aromatic rings. The van der Waals surface area contributed by atoms with Gasteiger partial charge in [0.25, 0.3) is 0 Å². The molecule has 11 nitrogen and oxygen atoms in total.